The summed E-state index contributed by atoms with van der Waals surface area (Å²) in [6.07, 6.45) is 0.543. The Kier molecular flexibility index (Phi) is 4.23. The van der Waals surface area contributed by atoms with Crippen LogP contribution in [0.4, 0.5) is 0 Å². The number of aliphatic hydroxyl groups excluding tert-OH is 1. The van der Waals surface area contributed by atoms with Crippen LogP contribution in [0.2, 0.25) is 5.02 Å². The van der Waals surface area contributed by atoms with Gasteiger partial charge in [0.05, 0.1) is 11.6 Å². The molecule has 0 radical (unpaired) electrons. The van der Waals surface area contributed by atoms with Gasteiger partial charge in [0, 0.05) is 11.6 Å². The molecule has 0 unspecified atom stereocenters. The molecule has 0 bridgehead atoms. The van der Waals surface area contributed by atoms with Crippen LogP contribution in [0.5, 0.6) is 5.75 Å². The topological polar surface area (TPSA) is 29.5 Å². The fraction of sp³-hybridized carbons (Fsp3) is 0.400. The molecular weight excluding hydrogens is 267 g/mol. The second-order valence-electron chi connectivity index (χ2n) is 2.96. The number of aliphatic hydroxyl groups is 1. The fourth-order valence-corrected chi connectivity index (χ4v) is 2.24. The Labute approximate surface area is 97.0 Å². The molecular formula is C10H12BrClO2. The van der Waals surface area contributed by atoms with Gasteiger partial charge >= 0.3 is 0 Å². The van der Waals surface area contributed by atoms with E-state index in [-0.39, 0.29) is 6.61 Å². The molecule has 0 fully saturated rings. The third-order valence-corrected chi connectivity index (χ3v) is 3.41. The van der Waals surface area contributed by atoms with Gasteiger partial charge in [0.25, 0.3) is 0 Å². The molecule has 0 saturated carbocycles. The van der Waals surface area contributed by atoms with E-state index in [4.69, 9.17) is 21.4 Å². The third kappa shape index (κ3) is 2.22. The van der Waals surface area contributed by atoms with E-state index >= 15 is 0 Å². The Hall–Kier alpha value is -0.250. The van der Waals surface area contributed by atoms with Crippen LogP contribution in [-0.2, 0) is 6.42 Å². The average Bonchev–Trinajstić information content (AvgIpc) is 2.16. The van der Waals surface area contributed by atoms with Crippen LogP contribution in [0.15, 0.2) is 10.5 Å². The van der Waals surface area contributed by atoms with Gasteiger partial charge in [-0.05, 0) is 46.5 Å². The Morgan fingerprint density at radius 3 is 2.71 bits per heavy atom. The standard InChI is InChI=1S/C10H12BrClO2/c1-6-8(12)5-7(3-4-13)10(14-2)9(6)11/h5,13H,3-4H2,1-2H3. The van der Waals surface area contributed by atoms with Crippen molar-refractivity contribution >= 4 is 27.5 Å². The van der Waals surface area contributed by atoms with Crippen LogP contribution in [-0.4, -0.2) is 18.8 Å². The molecule has 4 heteroatoms. The molecule has 0 atom stereocenters. The average molecular weight is 280 g/mol. The summed E-state index contributed by atoms with van der Waals surface area (Å²) in [4.78, 5) is 0. The molecule has 0 aliphatic heterocycles. The van der Waals surface area contributed by atoms with Gasteiger partial charge < -0.3 is 9.84 Å². The van der Waals surface area contributed by atoms with Crippen molar-refractivity contribution < 1.29 is 9.84 Å². The predicted molar refractivity (Wildman–Crippen MR) is 61.2 cm³/mol. The van der Waals surface area contributed by atoms with Crippen molar-refractivity contribution in [3.05, 3.63) is 26.7 Å². The highest BCUT2D eigenvalue weighted by Gasteiger charge is 2.12. The van der Waals surface area contributed by atoms with E-state index in [0.29, 0.717) is 11.4 Å². The molecule has 78 valence electrons. The highest BCUT2D eigenvalue weighted by Crippen LogP contribution is 2.36. The number of ether oxygens (including phenoxy) is 1. The zero-order valence-corrected chi connectivity index (χ0v) is 10.4. The van der Waals surface area contributed by atoms with Crippen molar-refractivity contribution in [2.75, 3.05) is 13.7 Å². The molecule has 1 rings (SSSR count). The zero-order valence-electron chi connectivity index (χ0n) is 8.10. The third-order valence-electron chi connectivity index (χ3n) is 2.06. The van der Waals surface area contributed by atoms with Crippen molar-refractivity contribution in [2.24, 2.45) is 0 Å². The first-order valence-electron chi connectivity index (χ1n) is 4.24. The normalized spacial score (nSPS) is 10.4. The summed E-state index contributed by atoms with van der Waals surface area (Å²) in [7, 11) is 1.61. The first-order valence-corrected chi connectivity index (χ1v) is 5.41. The summed E-state index contributed by atoms with van der Waals surface area (Å²) in [6, 6.07) is 1.83. The van der Waals surface area contributed by atoms with Crippen LogP contribution in [0.3, 0.4) is 0 Å². The van der Waals surface area contributed by atoms with Crippen molar-refractivity contribution in [3.63, 3.8) is 0 Å². The number of benzene rings is 1. The van der Waals surface area contributed by atoms with Crippen molar-refractivity contribution in [1.82, 2.24) is 0 Å². The fourth-order valence-electron chi connectivity index (χ4n) is 1.27. The lowest BCUT2D eigenvalue weighted by atomic mass is 10.1. The lowest BCUT2D eigenvalue weighted by Gasteiger charge is -2.13. The van der Waals surface area contributed by atoms with Gasteiger partial charge in [-0.3, -0.25) is 0 Å². The molecule has 1 N–H and O–H groups in total. The first-order chi connectivity index (χ1) is 6.61. The Balaban J connectivity index is 3.28. The lowest BCUT2D eigenvalue weighted by molar-refractivity contribution is 0.296. The summed E-state index contributed by atoms with van der Waals surface area (Å²) in [5.41, 5.74) is 1.86. The van der Waals surface area contributed by atoms with Crippen molar-refractivity contribution in [3.8, 4) is 5.75 Å². The largest absolute Gasteiger partial charge is 0.495 e. The molecule has 0 heterocycles. The predicted octanol–water partition coefficient (Wildman–Crippen LogP) is 2.95. The van der Waals surface area contributed by atoms with Crippen LogP contribution >= 0.6 is 27.5 Å². The van der Waals surface area contributed by atoms with Crippen molar-refractivity contribution in [1.29, 1.82) is 0 Å². The Morgan fingerprint density at radius 1 is 1.57 bits per heavy atom. The molecule has 0 spiro atoms. The van der Waals surface area contributed by atoms with E-state index in [0.717, 1.165) is 21.3 Å². The highest BCUT2D eigenvalue weighted by molar-refractivity contribution is 9.10. The maximum absolute atomic E-state index is 8.88. The second-order valence-corrected chi connectivity index (χ2v) is 4.16. The van der Waals surface area contributed by atoms with E-state index in [1.807, 2.05) is 13.0 Å². The highest BCUT2D eigenvalue weighted by atomic mass is 79.9. The van der Waals surface area contributed by atoms with Gasteiger partial charge in [-0.2, -0.15) is 0 Å². The zero-order chi connectivity index (χ0) is 10.7. The molecule has 0 aliphatic rings. The lowest BCUT2D eigenvalue weighted by Crippen LogP contribution is -1.98. The van der Waals surface area contributed by atoms with Gasteiger partial charge in [-0.15, -0.1) is 0 Å². The van der Waals surface area contributed by atoms with E-state index in [1.54, 1.807) is 7.11 Å². The molecule has 0 aliphatic carbocycles. The molecule has 14 heavy (non-hydrogen) atoms. The Morgan fingerprint density at radius 2 is 2.21 bits per heavy atom. The number of methoxy groups -OCH3 is 1. The second kappa shape index (κ2) is 5.01. The maximum Gasteiger partial charge on any atom is 0.136 e. The van der Waals surface area contributed by atoms with Gasteiger partial charge in [-0.25, -0.2) is 0 Å². The summed E-state index contributed by atoms with van der Waals surface area (Å²) in [5, 5.41) is 9.56. The quantitative estimate of drug-likeness (QED) is 0.922. The van der Waals surface area contributed by atoms with E-state index < -0.39 is 0 Å². The first kappa shape index (κ1) is 11.8. The van der Waals surface area contributed by atoms with Crippen molar-refractivity contribution in [2.45, 2.75) is 13.3 Å². The van der Waals surface area contributed by atoms with Gasteiger partial charge in [-0.1, -0.05) is 11.6 Å². The van der Waals surface area contributed by atoms with Gasteiger partial charge in [0.1, 0.15) is 5.75 Å². The van der Waals surface area contributed by atoms with E-state index in [9.17, 15) is 0 Å². The summed E-state index contributed by atoms with van der Waals surface area (Å²) in [6.45, 7) is 2.00. The van der Waals surface area contributed by atoms with E-state index in [1.165, 1.54) is 0 Å². The van der Waals surface area contributed by atoms with Crippen LogP contribution in [0, 0.1) is 6.92 Å². The molecule has 1 aromatic rings. The molecule has 1 aromatic carbocycles. The number of hydrogen-bond donors (Lipinski definition) is 1. The van der Waals surface area contributed by atoms with Crippen LogP contribution in [0.25, 0.3) is 0 Å². The number of hydrogen-bond acceptors (Lipinski definition) is 2. The number of halogens is 2. The Bertz CT molecular complexity index is 339. The summed E-state index contributed by atoms with van der Waals surface area (Å²) >= 11 is 9.44. The molecule has 0 amide bonds. The monoisotopic (exact) mass is 278 g/mol. The van der Waals surface area contributed by atoms with Gasteiger partial charge in [0.2, 0.25) is 0 Å². The molecule has 2 nitrogen and oxygen atoms in total. The minimum Gasteiger partial charge on any atom is -0.495 e. The summed E-state index contributed by atoms with van der Waals surface area (Å²) in [5.74, 6) is 0.751. The molecule has 0 aromatic heterocycles. The van der Waals surface area contributed by atoms with Gasteiger partial charge in [0.15, 0.2) is 0 Å². The molecule has 0 saturated heterocycles. The minimum atomic E-state index is 0.0855. The smallest absolute Gasteiger partial charge is 0.136 e. The SMILES string of the molecule is COc1c(CCO)cc(Cl)c(C)c1Br. The maximum atomic E-state index is 8.88. The minimum absolute atomic E-state index is 0.0855. The number of rotatable bonds is 3. The van der Waals surface area contributed by atoms with E-state index in [2.05, 4.69) is 15.9 Å². The summed E-state index contributed by atoms with van der Waals surface area (Å²) < 4.78 is 6.11. The van der Waals surface area contributed by atoms with Crippen LogP contribution in [0.1, 0.15) is 11.1 Å². The van der Waals surface area contributed by atoms with Crippen LogP contribution < -0.4 is 4.74 Å².